The molecule has 120 valence electrons. The Hall–Kier alpha value is -3.07. The van der Waals surface area contributed by atoms with Gasteiger partial charge >= 0.3 is 6.16 Å². The van der Waals surface area contributed by atoms with Crippen molar-refractivity contribution in [2.45, 2.75) is 12.0 Å². The molecular formula is C21H18O3. The van der Waals surface area contributed by atoms with E-state index in [1.807, 2.05) is 91.0 Å². The Bertz CT molecular complexity index is 744. The summed E-state index contributed by atoms with van der Waals surface area (Å²) in [6, 6.07) is 28.8. The average molecular weight is 318 g/mol. The van der Waals surface area contributed by atoms with Crippen molar-refractivity contribution in [1.82, 2.24) is 0 Å². The van der Waals surface area contributed by atoms with Gasteiger partial charge in [0.05, 0.1) is 0 Å². The van der Waals surface area contributed by atoms with Crippen LogP contribution in [0.4, 0.5) is 4.79 Å². The largest absolute Gasteiger partial charge is 0.507 e. The number of rotatable bonds is 5. The second kappa shape index (κ2) is 7.01. The maximum atomic E-state index is 11.5. The number of ether oxygens (including phenoxy) is 1. The van der Waals surface area contributed by atoms with E-state index < -0.39 is 11.8 Å². The normalized spacial score (nSPS) is 11.0. The molecule has 24 heavy (non-hydrogen) atoms. The monoisotopic (exact) mass is 318 g/mol. The Labute approximate surface area is 141 Å². The molecule has 0 radical (unpaired) electrons. The van der Waals surface area contributed by atoms with Crippen LogP contribution in [0.1, 0.15) is 16.7 Å². The Kier molecular flexibility index (Phi) is 4.62. The molecule has 0 saturated carbocycles. The van der Waals surface area contributed by atoms with Gasteiger partial charge in [0.15, 0.2) is 5.60 Å². The summed E-state index contributed by atoms with van der Waals surface area (Å²) in [5, 5.41) is 9.43. The predicted molar refractivity (Wildman–Crippen MR) is 92.9 cm³/mol. The molecule has 0 aliphatic carbocycles. The van der Waals surface area contributed by atoms with Crippen molar-refractivity contribution in [2.75, 3.05) is 0 Å². The van der Waals surface area contributed by atoms with Gasteiger partial charge in [0, 0.05) is 17.5 Å². The second-order valence-corrected chi connectivity index (χ2v) is 5.59. The summed E-state index contributed by atoms with van der Waals surface area (Å²) in [6.45, 7) is 0. The third-order valence-electron chi connectivity index (χ3n) is 4.04. The van der Waals surface area contributed by atoms with Crippen LogP contribution < -0.4 is 0 Å². The summed E-state index contributed by atoms with van der Waals surface area (Å²) in [7, 11) is 0. The highest BCUT2D eigenvalue weighted by Gasteiger charge is 2.38. The van der Waals surface area contributed by atoms with Crippen LogP contribution in [0.25, 0.3) is 0 Å². The third kappa shape index (κ3) is 3.30. The van der Waals surface area contributed by atoms with Crippen LogP contribution >= 0.6 is 0 Å². The molecule has 3 heteroatoms. The number of carboxylic acid groups (broad SMARTS) is 1. The van der Waals surface area contributed by atoms with E-state index in [0.29, 0.717) is 6.42 Å². The average Bonchev–Trinajstić information content (AvgIpc) is 2.63. The minimum atomic E-state index is -1.29. The van der Waals surface area contributed by atoms with E-state index in [1.165, 1.54) is 0 Å². The molecule has 0 unspecified atom stereocenters. The zero-order valence-electron chi connectivity index (χ0n) is 13.1. The van der Waals surface area contributed by atoms with Crippen LogP contribution in [0, 0.1) is 0 Å². The second-order valence-electron chi connectivity index (χ2n) is 5.59. The van der Waals surface area contributed by atoms with Gasteiger partial charge < -0.3 is 9.84 Å². The lowest BCUT2D eigenvalue weighted by atomic mass is 9.81. The number of hydrogen-bond donors (Lipinski definition) is 1. The lowest BCUT2D eigenvalue weighted by Crippen LogP contribution is -2.35. The Balaban J connectivity index is 2.18. The molecule has 0 atom stereocenters. The summed E-state index contributed by atoms with van der Waals surface area (Å²) in [5.41, 5.74) is 1.53. The lowest BCUT2D eigenvalue weighted by Gasteiger charge is -2.33. The van der Waals surface area contributed by atoms with Crippen LogP contribution in [0.15, 0.2) is 91.0 Å². The summed E-state index contributed by atoms with van der Waals surface area (Å²) in [4.78, 5) is 11.5. The van der Waals surface area contributed by atoms with Crippen LogP contribution in [0.3, 0.4) is 0 Å². The van der Waals surface area contributed by atoms with Gasteiger partial charge in [-0.2, -0.15) is 0 Å². The quantitative estimate of drug-likeness (QED) is 0.683. The zero-order chi connectivity index (χ0) is 16.8. The Morgan fingerprint density at radius 2 is 1.17 bits per heavy atom. The van der Waals surface area contributed by atoms with Crippen molar-refractivity contribution in [3.05, 3.63) is 108 Å². The fraction of sp³-hybridized carbons (Fsp3) is 0.0952. The molecular weight excluding hydrogens is 300 g/mol. The fourth-order valence-corrected chi connectivity index (χ4v) is 2.97. The molecule has 3 rings (SSSR count). The van der Waals surface area contributed by atoms with Crippen molar-refractivity contribution in [3.63, 3.8) is 0 Å². The van der Waals surface area contributed by atoms with Crippen LogP contribution in [-0.4, -0.2) is 11.3 Å². The summed E-state index contributed by atoms with van der Waals surface area (Å²) >= 11 is 0. The lowest BCUT2D eigenvalue weighted by molar-refractivity contribution is 0.00308. The molecule has 3 aromatic rings. The first-order valence-corrected chi connectivity index (χ1v) is 7.78. The van der Waals surface area contributed by atoms with Gasteiger partial charge in [0.25, 0.3) is 0 Å². The predicted octanol–water partition coefficient (Wildman–Crippen LogP) is 4.87. The Morgan fingerprint density at radius 3 is 1.58 bits per heavy atom. The van der Waals surface area contributed by atoms with Gasteiger partial charge in [-0.15, -0.1) is 0 Å². The van der Waals surface area contributed by atoms with Crippen molar-refractivity contribution < 1.29 is 14.6 Å². The number of benzene rings is 3. The van der Waals surface area contributed by atoms with E-state index >= 15 is 0 Å². The SMILES string of the molecule is O=C(O)OC(Cc1ccccc1)(c1ccccc1)c1ccccc1. The van der Waals surface area contributed by atoms with Gasteiger partial charge in [-0.05, 0) is 5.56 Å². The highest BCUT2D eigenvalue weighted by atomic mass is 16.7. The van der Waals surface area contributed by atoms with E-state index in [-0.39, 0.29) is 0 Å². The van der Waals surface area contributed by atoms with E-state index in [2.05, 4.69) is 0 Å². The minimum Gasteiger partial charge on any atom is -0.450 e. The molecule has 0 fully saturated rings. The number of hydrogen-bond acceptors (Lipinski definition) is 2. The van der Waals surface area contributed by atoms with Crippen molar-refractivity contribution in [2.24, 2.45) is 0 Å². The molecule has 0 bridgehead atoms. The highest BCUT2D eigenvalue weighted by Crippen LogP contribution is 2.37. The fourth-order valence-electron chi connectivity index (χ4n) is 2.97. The van der Waals surface area contributed by atoms with Crippen LogP contribution in [0.5, 0.6) is 0 Å². The number of carbonyl (C=O) groups is 1. The van der Waals surface area contributed by atoms with E-state index in [0.717, 1.165) is 16.7 Å². The van der Waals surface area contributed by atoms with Crippen LogP contribution in [0.2, 0.25) is 0 Å². The molecule has 3 nitrogen and oxygen atoms in total. The van der Waals surface area contributed by atoms with Crippen molar-refractivity contribution in [3.8, 4) is 0 Å². The minimum absolute atomic E-state index is 0.425. The molecule has 0 amide bonds. The topological polar surface area (TPSA) is 46.5 Å². The maximum Gasteiger partial charge on any atom is 0.507 e. The summed E-state index contributed by atoms with van der Waals surface area (Å²) < 4.78 is 5.53. The van der Waals surface area contributed by atoms with Crippen LogP contribution in [-0.2, 0) is 16.8 Å². The smallest absolute Gasteiger partial charge is 0.450 e. The maximum absolute atomic E-state index is 11.5. The third-order valence-corrected chi connectivity index (χ3v) is 4.04. The van der Waals surface area contributed by atoms with E-state index in [1.54, 1.807) is 0 Å². The molecule has 0 heterocycles. The van der Waals surface area contributed by atoms with Crippen molar-refractivity contribution >= 4 is 6.16 Å². The first-order chi connectivity index (χ1) is 11.7. The molecule has 0 aliphatic heterocycles. The Morgan fingerprint density at radius 1 is 0.750 bits per heavy atom. The summed E-state index contributed by atoms with van der Waals surface area (Å²) in [6.07, 6.45) is -0.868. The van der Waals surface area contributed by atoms with Gasteiger partial charge in [0.1, 0.15) is 0 Å². The molecule has 0 spiro atoms. The molecule has 0 aromatic heterocycles. The zero-order valence-corrected chi connectivity index (χ0v) is 13.1. The summed E-state index contributed by atoms with van der Waals surface area (Å²) in [5.74, 6) is 0. The van der Waals surface area contributed by atoms with Gasteiger partial charge in [0.2, 0.25) is 0 Å². The molecule has 1 N–H and O–H groups in total. The van der Waals surface area contributed by atoms with E-state index in [9.17, 15) is 9.90 Å². The molecule has 0 aliphatic rings. The first kappa shape index (κ1) is 15.8. The van der Waals surface area contributed by atoms with Crippen molar-refractivity contribution in [1.29, 1.82) is 0 Å². The van der Waals surface area contributed by atoms with Gasteiger partial charge in [-0.1, -0.05) is 91.0 Å². The molecule has 0 saturated heterocycles. The highest BCUT2D eigenvalue weighted by molar-refractivity contribution is 5.60. The standard InChI is InChI=1S/C21H18O3/c22-20(23)24-21(18-12-6-2-7-13-18,19-14-8-3-9-15-19)16-17-10-4-1-5-11-17/h1-15H,16H2,(H,22,23). The first-order valence-electron chi connectivity index (χ1n) is 7.78. The molecule has 3 aromatic carbocycles. The van der Waals surface area contributed by atoms with E-state index in [4.69, 9.17) is 4.74 Å². The van der Waals surface area contributed by atoms with Gasteiger partial charge in [-0.3, -0.25) is 0 Å². The van der Waals surface area contributed by atoms with Gasteiger partial charge in [-0.25, -0.2) is 4.79 Å².